The predicted octanol–water partition coefficient (Wildman–Crippen LogP) is 3.45. The fourth-order valence-corrected chi connectivity index (χ4v) is 2.95. The van der Waals surface area contributed by atoms with Crippen LogP contribution < -0.4 is 10.6 Å². The number of carbonyl (C=O) groups is 1. The van der Waals surface area contributed by atoms with E-state index in [0.717, 1.165) is 25.9 Å². The Bertz CT molecular complexity index is 493. The van der Waals surface area contributed by atoms with Crippen LogP contribution in [0.4, 0.5) is 13.2 Å². The molecule has 2 rings (SSSR count). The van der Waals surface area contributed by atoms with Crippen LogP contribution in [-0.4, -0.2) is 31.0 Å². The Hall–Kier alpha value is -0.920. The molecule has 1 amide bonds. The van der Waals surface area contributed by atoms with E-state index in [1.807, 2.05) is 0 Å². The molecule has 0 radical (unpaired) electrons. The number of hydrogen-bond donors (Lipinski definition) is 2. The van der Waals surface area contributed by atoms with Crippen molar-refractivity contribution in [1.29, 1.82) is 0 Å². The lowest BCUT2D eigenvalue weighted by atomic mass is 9.98. The summed E-state index contributed by atoms with van der Waals surface area (Å²) in [7, 11) is 0. The smallest absolute Gasteiger partial charge is 0.352 e. The zero-order chi connectivity index (χ0) is 15.3. The Kier molecular flexibility index (Phi) is 7.52. The highest BCUT2D eigenvalue weighted by Crippen LogP contribution is 2.38. The maximum absolute atomic E-state index is 12.5. The Labute approximate surface area is 137 Å². The molecule has 3 nitrogen and oxygen atoms in total. The summed E-state index contributed by atoms with van der Waals surface area (Å²) in [5.41, 5.74) is -4.32. The number of amides is 1. The first kappa shape index (κ1) is 19.1. The molecule has 0 saturated carbocycles. The average molecular weight is 355 g/mol. The van der Waals surface area contributed by atoms with Gasteiger partial charge in [-0.1, -0.05) is 12.1 Å². The van der Waals surface area contributed by atoms with E-state index in [4.69, 9.17) is 0 Å². The molecule has 1 aromatic rings. The predicted molar refractivity (Wildman–Crippen MR) is 83.5 cm³/mol. The zero-order valence-corrected chi connectivity index (χ0v) is 13.4. The molecule has 0 bridgehead atoms. The number of hydrogen-bond acceptors (Lipinski definition) is 3. The first-order chi connectivity index (χ1) is 9.96. The molecule has 0 aromatic heterocycles. The summed E-state index contributed by atoms with van der Waals surface area (Å²) in [5.74, 6) is -0.0569. The van der Waals surface area contributed by atoms with Gasteiger partial charge < -0.3 is 10.6 Å². The minimum absolute atomic E-state index is 0. The number of nitrogens with one attached hydrogen (secondary N) is 2. The molecular weight excluding hydrogens is 337 g/mol. The van der Waals surface area contributed by atoms with E-state index in [2.05, 4.69) is 10.6 Å². The van der Waals surface area contributed by atoms with Gasteiger partial charge in [-0.15, -0.1) is 12.4 Å². The van der Waals surface area contributed by atoms with Crippen molar-refractivity contribution in [3.63, 3.8) is 0 Å². The standard InChI is InChI=1S/C14H17F3N2OS.ClH/c15-14(16,17)21-12-4-2-1-3-11(12)13(20)19-9-10-5-7-18-8-6-10;/h1-4,10,18H,5-9H2,(H,19,20);1H. The van der Waals surface area contributed by atoms with E-state index in [-0.39, 0.29) is 34.6 Å². The molecule has 22 heavy (non-hydrogen) atoms. The Morgan fingerprint density at radius 1 is 1.27 bits per heavy atom. The second-order valence-corrected chi connectivity index (χ2v) is 6.05. The van der Waals surface area contributed by atoms with Crippen LogP contribution in [0.25, 0.3) is 0 Å². The van der Waals surface area contributed by atoms with E-state index in [9.17, 15) is 18.0 Å². The van der Waals surface area contributed by atoms with Gasteiger partial charge >= 0.3 is 5.51 Å². The van der Waals surface area contributed by atoms with Crippen LogP contribution in [-0.2, 0) is 0 Å². The lowest BCUT2D eigenvalue weighted by Crippen LogP contribution is -2.36. The summed E-state index contributed by atoms with van der Waals surface area (Å²) >= 11 is -0.254. The van der Waals surface area contributed by atoms with Crippen LogP contribution in [0.15, 0.2) is 29.2 Å². The van der Waals surface area contributed by atoms with Crippen molar-refractivity contribution in [1.82, 2.24) is 10.6 Å². The maximum Gasteiger partial charge on any atom is 0.446 e. The molecule has 0 spiro atoms. The highest BCUT2D eigenvalue weighted by molar-refractivity contribution is 8.00. The molecule has 2 N–H and O–H groups in total. The van der Waals surface area contributed by atoms with Crippen LogP contribution in [0.2, 0.25) is 0 Å². The van der Waals surface area contributed by atoms with Crippen LogP contribution in [0.3, 0.4) is 0 Å². The molecule has 0 aliphatic carbocycles. The minimum atomic E-state index is -4.40. The number of thioether (sulfide) groups is 1. The largest absolute Gasteiger partial charge is 0.446 e. The first-order valence-corrected chi connectivity index (χ1v) is 7.61. The van der Waals surface area contributed by atoms with E-state index in [1.54, 1.807) is 6.07 Å². The number of piperidine rings is 1. The van der Waals surface area contributed by atoms with Gasteiger partial charge in [0, 0.05) is 11.4 Å². The zero-order valence-electron chi connectivity index (χ0n) is 11.8. The molecule has 124 valence electrons. The fraction of sp³-hybridized carbons (Fsp3) is 0.500. The normalized spacial score (nSPS) is 16.0. The summed E-state index contributed by atoms with van der Waals surface area (Å²) < 4.78 is 37.5. The van der Waals surface area contributed by atoms with Gasteiger partial charge in [0.05, 0.1) is 5.56 Å². The summed E-state index contributed by atoms with van der Waals surface area (Å²) in [6.07, 6.45) is 1.94. The highest BCUT2D eigenvalue weighted by Gasteiger charge is 2.31. The summed E-state index contributed by atoms with van der Waals surface area (Å²) in [6, 6.07) is 5.81. The lowest BCUT2D eigenvalue weighted by molar-refractivity contribution is -0.0328. The van der Waals surface area contributed by atoms with Gasteiger partial charge in [0.2, 0.25) is 0 Å². The molecule has 1 aliphatic heterocycles. The van der Waals surface area contributed by atoms with E-state index in [0.29, 0.717) is 12.5 Å². The topological polar surface area (TPSA) is 41.1 Å². The Balaban J connectivity index is 0.00000242. The Morgan fingerprint density at radius 3 is 2.55 bits per heavy atom. The Morgan fingerprint density at radius 2 is 1.91 bits per heavy atom. The third kappa shape index (κ3) is 6.06. The third-order valence-electron chi connectivity index (χ3n) is 3.37. The van der Waals surface area contributed by atoms with E-state index in [1.165, 1.54) is 18.2 Å². The molecule has 1 heterocycles. The molecule has 8 heteroatoms. The molecule has 1 aromatic carbocycles. The number of halogens is 4. The maximum atomic E-state index is 12.5. The van der Waals surface area contributed by atoms with Gasteiger partial charge in [0.15, 0.2) is 0 Å². The number of rotatable bonds is 4. The van der Waals surface area contributed by atoms with Crippen LogP contribution >= 0.6 is 24.2 Å². The van der Waals surface area contributed by atoms with Crippen molar-refractivity contribution in [2.45, 2.75) is 23.2 Å². The van der Waals surface area contributed by atoms with Crippen LogP contribution in [0.5, 0.6) is 0 Å². The van der Waals surface area contributed by atoms with E-state index >= 15 is 0 Å². The molecule has 1 fully saturated rings. The second kappa shape index (κ2) is 8.64. The quantitative estimate of drug-likeness (QED) is 0.814. The van der Waals surface area contributed by atoms with Crippen LogP contribution in [0, 0.1) is 5.92 Å². The lowest BCUT2D eigenvalue weighted by Gasteiger charge is -2.23. The molecular formula is C14H18ClF3N2OS. The van der Waals surface area contributed by atoms with Gasteiger partial charge in [0.25, 0.3) is 5.91 Å². The first-order valence-electron chi connectivity index (χ1n) is 6.79. The van der Waals surface area contributed by atoms with Crippen molar-refractivity contribution in [3.8, 4) is 0 Å². The van der Waals surface area contributed by atoms with Gasteiger partial charge in [-0.3, -0.25) is 4.79 Å². The summed E-state index contributed by atoms with van der Waals surface area (Å²) in [5, 5.41) is 5.98. The number of alkyl halides is 3. The summed E-state index contributed by atoms with van der Waals surface area (Å²) in [4.78, 5) is 12.0. The van der Waals surface area contributed by atoms with Gasteiger partial charge in [0.1, 0.15) is 0 Å². The minimum Gasteiger partial charge on any atom is -0.352 e. The van der Waals surface area contributed by atoms with Crippen molar-refractivity contribution < 1.29 is 18.0 Å². The van der Waals surface area contributed by atoms with Crippen LogP contribution in [0.1, 0.15) is 23.2 Å². The van der Waals surface area contributed by atoms with Crippen molar-refractivity contribution in [2.75, 3.05) is 19.6 Å². The second-order valence-electron chi connectivity index (χ2n) is 4.95. The SMILES string of the molecule is Cl.O=C(NCC1CCNCC1)c1ccccc1SC(F)(F)F. The van der Waals surface area contributed by atoms with Gasteiger partial charge in [-0.25, -0.2) is 0 Å². The third-order valence-corrected chi connectivity index (χ3v) is 4.17. The van der Waals surface area contributed by atoms with E-state index < -0.39 is 11.4 Å². The van der Waals surface area contributed by atoms with Gasteiger partial charge in [-0.2, -0.15) is 13.2 Å². The van der Waals surface area contributed by atoms with Crippen molar-refractivity contribution >= 4 is 30.1 Å². The molecule has 0 atom stereocenters. The number of benzene rings is 1. The molecule has 1 saturated heterocycles. The number of carbonyl (C=O) groups excluding carboxylic acids is 1. The highest BCUT2D eigenvalue weighted by atomic mass is 35.5. The molecule has 1 aliphatic rings. The van der Waals surface area contributed by atoms with Crippen molar-refractivity contribution in [3.05, 3.63) is 29.8 Å². The monoisotopic (exact) mass is 354 g/mol. The fourth-order valence-electron chi connectivity index (χ4n) is 2.29. The average Bonchev–Trinajstić information content (AvgIpc) is 2.45. The molecule has 0 unspecified atom stereocenters. The van der Waals surface area contributed by atoms with Gasteiger partial charge in [-0.05, 0) is 55.7 Å². The summed E-state index contributed by atoms with van der Waals surface area (Å²) in [6.45, 7) is 2.34. The van der Waals surface area contributed by atoms with Crippen molar-refractivity contribution in [2.24, 2.45) is 5.92 Å².